The SMILES string of the molecule is CCc1cc2c(cc1N1CCC(NC(=O)CCCCNc3cccc4c3C(=O)N(C3CCC(=O)NC3=O)C4=O)CC1)C(C)(C)c1[nH]c3cc(C#N)ccc3c1C2=O. The number of fused-ring (bicyclic) bond motifs is 5. The Balaban J connectivity index is 0.844. The Morgan fingerprint density at radius 3 is 2.47 bits per heavy atom. The highest BCUT2D eigenvalue weighted by atomic mass is 16.2. The molecular weight excluding hydrogens is 723 g/mol. The summed E-state index contributed by atoms with van der Waals surface area (Å²) in [6.07, 6.45) is 4.16. The summed E-state index contributed by atoms with van der Waals surface area (Å²) < 4.78 is 0. The molecule has 0 bridgehead atoms. The molecule has 1 aliphatic carbocycles. The van der Waals surface area contributed by atoms with Gasteiger partial charge in [-0.05, 0) is 86.1 Å². The van der Waals surface area contributed by atoms with E-state index < -0.39 is 35.1 Å². The Morgan fingerprint density at radius 1 is 0.947 bits per heavy atom. The third-order valence-electron chi connectivity index (χ3n) is 12.1. The molecule has 1 unspecified atom stereocenters. The van der Waals surface area contributed by atoms with Crippen molar-refractivity contribution in [1.82, 2.24) is 20.5 Å². The van der Waals surface area contributed by atoms with Crippen LogP contribution in [0.3, 0.4) is 0 Å². The molecule has 4 heterocycles. The highest BCUT2D eigenvalue weighted by Gasteiger charge is 2.46. The van der Waals surface area contributed by atoms with Gasteiger partial charge in [-0.2, -0.15) is 5.26 Å². The van der Waals surface area contributed by atoms with Crippen molar-refractivity contribution in [2.24, 2.45) is 0 Å². The Kier molecular flexibility index (Phi) is 9.67. The molecule has 0 spiro atoms. The fourth-order valence-electron chi connectivity index (χ4n) is 9.02. The standard InChI is InChI=1S/C44H45N7O6/c1-4-25-21-29-30(44(2,3)40-38(39(29)54)27-12-11-24(23-45)20-32(27)48-40)22-34(25)50-18-15-26(16-19-50)47-35(52)10-5-6-17-46-31-9-7-8-28-37(31)43(57)51(42(28)56)33-13-14-36(53)49-41(33)55/h7-9,11-12,20-22,26,33,46,48H,4-6,10,13-19H2,1-3H3,(H,47,52)(H,49,53,55). The van der Waals surface area contributed by atoms with Crippen LogP contribution >= 0.6 is 0 Å². The van der Waals surface area contributed by atoms with Crippen molar-refractivity contribution in [2.45, 2.75) is 89.6 Å². The molecule has 3 aromatic carbocycles. The largest absolute Gasteiger partial charge is 0.384 e. The molecule has 292 valence electrons. The predicted octanol–water partition coefficient (Wildman–Crippen LogP) is 5.24. The van der Waals surface area contributed by atoms with Gasteiger partial charge in [-0.3, -0.25) is 39.0 Å². The van der Waals surface area contributed by atoms with Crippen molar-refractivity contribution >= 4 is 57.6 Å². The summed E-state index contributed by atoms with van der Waals surface area (Å²) in [7, 11) is 0. The van der Waals surface area contributed by atoms with Gasteiger partial charge in [-0.15, -0.1) is 0 Å². The molecule has 1 atom stereocenters. The minimum atomic E-state index is -1.03. The number of rotatable bonds is 10. The molecule has 5 amide bonds. The lowest BCUT2D eigenvalue weighted by Crippen LogP contribution is -2.54. The van der Waals surface area contributed by atoms with Gasteiger partial charge in [0.2, 0.25) is 17.7 Å². The minimum absolute atomic E-state index is 0.00210. The van der Waals surface area contributed by atoms with Gasteiger partial charge in [0.15, 0.2) is 5.78 Å². The number of benzene rings is 3. The first kappa shape index (κ1) is 37.6. The molecular formula is C44H45N7O6. The molecule has 1 aromatic heterocycles. The van der Waals surface area contributed by atoms with Crippen molar-refractivity contribution < 1.29 is 28.8 Å². The second kappa shape index (κ2) is 14.7. The monoisotopic (exact) mass is 767 g/mol. The third-order valence-corrected chi connectivity index (χ3v) is 12.1. The number of carbonyl (C=O) groups excluding carboxylic acids is 6. The van der Waals surface area contributed by atoms with Crippen LogP contribution in [0.15, 0.2) is 48.5 Å². The van der Waals surface area contributed by atoms with Crippen LogP contribution in [-0.4, -0.2) is 76.9 Å². The van der Waals surface area contributed by atoms with Crippen LogP contribution in [0.25, 0.3) is 10.9 Å². The number of nitrogens with one attached hydrogen (secondary N) is 4. The summed E-state index contributed by atoms with van der Waals surface area (Å²) in [5.74, 6) is -2.18. The number of aromatic nitrogens is 1. The van der Waals surface area contributed by atoms with E-state index in [4.69, 9.17) is 0 Å². The number of amides is 5. The van der Waals surface area contributed by atoms with E-state index in [0.29, 0.717) is 42.6 Å². The summed E-state index contributed by atoms with van der Waals surface area (Å²) in [6, 6.07) is 15.9. The fraction of sp³-hybridized carbons (Fsp3) is 0.386. The zero-order chi connectivity index (χ0) is 40.2. The van der Waals surface area contributed by atoms with Gasteiger partial charge in [-0.1, -0.05) is 32.9 Å². The van der Waals surface area contributed by atoms with E-state index in [9.17, 15) is 34.0 Å². The highest BCUT2D eigenvalue weighted by molar-refractivity contribution is 6.25. The topological polar surface area (TPSA) is 185 Å². The number of nitrogens with zero attached hydrogens (tertiary/aromatic N) is 3. The zero-order valence-electron chi connectivity index (χ0n) is 32.3. The number of imide groups is 2. The van der Waals surface area contributed by atoms with Gasteiger partial charge in [0.1, 0.15) is 6.04 Å². The summed E-state index contributed by atoms with van der Waals surface area (Å²) >= 11 is 0. The average molecular weight is 768 g/mol. The lowest BCUT2D eigenvalue weighted by Gasteiger charge is -2.38. The molecule has 0 saturated carbocycles. The Morgan fingerprint density at radius 2 is 1.74 bits per heavy atom. The van der Waals surface area contributed by atoms with Crippen molar-refractivity contribution in [3.05, 3.63) is 93.2 Å². The maximum atomic E-state index is 14.1. The minimum Gasteiger partial charge on any atom is -0.384 e. The number of ketones is 1. The second-order valence-corrected chi connectivity index (χ2v) is 16.0. The van der Waals surface area contributed by atoms with E-state index in [-0.39, 0.29) is 41.7 Å². The van der Waals surface area contributed by atoms with E-state index in [0.717, 1.165) is 76.2 Å². The van der Waals surface area contributed by atoms with Crippen molar-refractivity contribution in [1.29, 1.82) is 5.26 Å². The summed E-state index contributed by atoms with van der Waals surface area (Å²) in [4.78, 5) is 84.4. The quantitative estimate of drug-likeness (QED) is 0.124. The first-order valence-corrected chi connectivity index (χ1v) is 19.8. The number of aromatic amines is 1. The van der Waals surface area contributed by atoms with Gasteiger partial charge in [0.05, 0.1) is 28.3 Å². The van der Waals surface area contributed by atoms with Gasteiger partial charge >= 0.3 is 0 Å². The van der Waals surface area contributed by atoms with Crippen molar-refractivity contribution in [3.8, 4) is 6.07 Å². The van der Waals surface area contributed by atoms with Crippen molar-refractivity contribution in [2.75, 3.05) is 29.9 Å². The van der Waals surface area contributed by atoms with Crippen LogP contribution < -0.4 is 20.9 Å². The normalized spacial score (nSPS) is 18.9. The lowest BCUT2D eigenvalue weighted by molar-refractivity contribution is -0.136. The van der Waals surface area contributed by atoms with Crippen molar-refractivity contribution in [3.63, 3.8) is 0 Å². The molecule has 13 nitrogen and oxygen atoms in total. The van der Waals surface area contributed by atoms with Crippen LogP contribution in [0.1, 0.15) is 125 Å². The van der Waals surface area contributed by atoms with Crippen LogP contribution in [0.5, 0.6) is 0 Å². The van der Waals surface area contributed by atoms with Crippen LogP contribution in [-0.2, 0) is 26.2 Å². The number of carbonyl (C=O) groups is 6. The number of anilines is 2. The maximum absolute atomic E-state index is 14.1. The number of hydrogen-bond donors (Lipinski definition) is 4. The van der Waals surface area contributed by atoms with Crippen LogP contribution in [0.4, 0.5) is 11.4 Å². The first-order chi connectivity index (χ1) is 27.4. The van der Waals surface area contributed by atoms with Crippen LogP contribution in [0, 0.1) is 11.3 Å². The third kappa shape index (κ3) is 6.52. The molecule has 13 heteroatoms. The number of aryl methyl sites for hydroxylation is 1. The fourth-order valence-corrected chi connectivity index (χ4v) is 9.02. The Hall–Kier alpha value is -6.29. The van der Waals surface area contributed by atoms with Gasteiger partial charge in [0.25, 0.3) is 11.8 Å². The van der Waals surface area contributed by atoms with E-state index in [1.807, 2.05) is 6.07 Å². The number of piperidine rings is 2. The maximum Gasteiger partial charge on any atom is 0.264 e. The Labute approximate surface area is 330 Å². The number of unbranched alkanes of at least 4 members (excludes halogenated alkanes) is 1. The first-order valence-electron chi connectivity index (χ1n) is 19.8. The predicted molar refractivity (Wildman–Crippen MR) is 213 cm³/mol. The molecule has 57 heavy (non-hydrogen) atoms. The van der Waals surface area contributed by atoms with E-state index in [2.05, 4.69) is 64.8 Å². The van der Waals surface area contributed by atoms with Crippen LogP contribution in [0.2, 0.25) is 0 Å². The molecule has 4 aliphatic rings. The second-order valence-electron chi connectivity index (χ2n) is 16.0. The molecule has 2 saturated heterocycles. The van der Waals surface area contributed by atoms with E-state index in [1.54, 1.807) is 30.3 Å². The molecule has 8 rings (SSSR count). The molecule has 4 N–H and O–H groups in total. The van der Waals surface area contributed by atoms with E-state index in [1.165, 1.54) is 0 Å². The summed E-state index contributed by atoms with van der Waals surface area (Å²) in [5.41, 5.74) is 7.30. The summed E-state index contributed by atoms with van der Waals surface area (Å²) in [6.45, 7) is 8.41. The van der Waals surface area contributed by atoms with Gasteiger partial charge < -0.3 is 20.5 Å². The average Bonchev–Trinajstić information content (AvgIpc) is 3.72. The van der Waals surface area contributed by atoms with Gasteiger partial charge in [0, 0.05) is 77.5 Å². The molecule has 2 fully saturated rings. The molecule has 0 radical (unpaired) electrons. The molecule has 4 aromatic rings. The number of H-pyrrole nitrogens is 1. The van der Waals surface area contributed by atoms with E-state index >= 15 is 0 Å². The highest BCUT2D eigenvalue weighted by Crippen LogP contribution is 2.46. The number of nitriles is 1. The zero-order valence-corrected chi connectivity index (χ0v) is 32.3. The summed E-state index contributed by atoms with van der Waals surface area (Å²) in [5, 5.41) is 19.0. The lowest BCUT2D eigenvalue weighted by atomic mass is 9.70. The van der Waals surface area contributed by atoms with Gasteiger partial charge in [-0.25, -0.2) is 0 Å². The Bertz CT molecular complexity index is 2430. The molecule has 3 aliphatic heterocycles. The smallest absolute Gasteiger partial charge is 0.264 e. The number of hydrogen-bond acceptors (Lipinski definition) is 9.